The quantitative estimate of drug-likeness (QED) is 0.634. The average molecular weight is 300 g/mol. The Bertz CT molecular complexity index is 180. The van der Waals surface area contributed by atoms with Crippen LogP contribution in [-0.2, 0) is 0 Å². The molecule has 16 heavy (non-hydrogen) atoms. The van der Waals surface area contributed by atoms with Gasteiger partial charge in [0.2, 0.25) is 0 Å². The van der Waals surface area contributed by atoms with E-state index in [1.54, 1.807) is 11.9 Å². The first kappa shape index (κ1) is 19.4. The van der Waals surface area contributed by atoms with Crippen LogP contribution in [0.25, 0.3) is 5.32 Å². The van der Waals surface area contributed by atoms with Crippen molar-refractivity contribution in [1.29, 1.82) is 0 Å². The van der Waals surface area contributed by atoms with E-state index < -0.39 is 0 Å². The molecule has 90 valence electrons. The monoisotopic (exact) mass is 299 g/mol. The van der Waals surface area contributed by atoms with Gasteiger partial charge in [0.05, 0.1) is 0 Å². The molecule has 0 saturated carbocycles. The first-order valence-corrected chi connectivity index (χ1v) is 5.78. The summed E-state index contributed by atoms with van der Waals surface area (Å²) >= 11 is 0. The molecule has 1 aliphatic heterocycles. The minimum Gasteiger partial charge on any atom is -0.434 e. The van der Waals surface area contributed by atoms with Crippen LogP contribution in [0.5, 0.6) is 0 Å². The van der Waals surface area contributed by atoms with Crippen molar-refractivity contribution in [2.75, 3.05) is 33.2 Å². The number of nitrogens with zero attached hydrogens (tertiary/aromatic N) is 3. The number of piperazine rings is 1. The van der Waals surface area contributed by atoms with Crippen LogP contribution < -0.4 is 58.2 Å². The second-order valence-electron chi connectivity index (χ2n) is 3.62. The summed E-state index contributed by atoms with van der Waals surface area (Å²) in [5.41, 5.74) is 0. The van der Waals surface area contributed by atoms with Crippen molar-refractivity contribution in [3.63, 3.8) is 0 Å². The molecule has 1 heterocycles. The van der Waals surface area contributed by atoms with E-state index in [1.807, 2.05) is 13.8 Å². The zero-order valence-corrected chi connectivity index (χ0v) is 16.6. The molecule has 0 unspecified atom stereocenters. The van der Waals surface area contributed by atoms with Crippen LogP contribution in [0.1, 0.15) is 27.7 Å². The third-order valence-electron chi connectivity index (χ3n) is 2.51. The molecule has 0 N–H and O–H groups in total. The van der Waals surface area contributed by atoms with E-state index in [9.17, 15) is 4.79 Å². The molecule has 2 amide bonds. The van der Waals surface area contributed by atoms with Gasteiger partial charge >= 0.3 is 58.2 Å². The minimum atomic E-state index is -0.0802. The van der Waals surface area contributed by atoms with Crippen molar-refractivity contribution >= 4 is 6.03 Å². The van der Waals surface area contributed by atoms with E-state index in [4.69, 9.17) is 0 Å². The molecule has 4 nitrogen and oxygen atoms in total. The molecule has 0 aromatic carbocycles. The molecule has 0 radical (unpaired) electrons. The van der Waals surface area contributed by atoms with E-state index >= 15 is 0 Å². The summed E-state index contributed by atoms with van der Waals surface area (Å²) in [7, 11) is 1.55. The third kappa shape index (κ3) is 6.69. The van der Waals surface area contributed by atoms with Gasteiger partial charge in [-0.3, -0.25) is 4.79 Å². The van der Waals surface area contributed by atoms with Gasteiger partial charge in [0, 0.05) is 6.04 Å². The molecule has 1 aliphatic rings. The molecular weight excluding hydrogens is 276 g/mol. The Morgan fingerprint density at radius 3 is 1.88 bits per heavy atom. The zero-order chi connectivity index (χ0) is 11.8. The van der Waals surface area contributed by atoms with E-state index in [-0.39, 0.29) is 64.2 Å². The van der Waals surface area contributed by atoms with Crippen LogP contribution in [-0.4, -0.2) is 55.1 Å². The molecule has 1 rings (SSSR count). The number of carbonyl (C=O) groups excluding carboxylic acids is 1. The number of hydrogen-bond acceptors (Lipinski definition) is 2. The molecule has 0 spiro atoms. The first-order chi connectivity index (χ1) is 7.15. The van der Waals surface area contributed by atoms with Gasteiger partial charge < -0.3 is 15.1 Å². The number of carbonyl (C=O) groups is 1. The molecule has 0 atom stereocenters. The van der Waals surface area contributed by atoms with Gasteiger partial charge in [0.25, 0.3) is 0 Å². The van der Waals surface area contributed by atoms with Crippen molar-refractivity contribution in [1.82, 2.24) is 9.80 Å². The Morgan fingerprint density at radius 1 is 1.12 bits per heavy atom. The predicted molar refractivity (Wildman–Crippen MR) is 64.3 cm³/mol. The van der Waals surface area contributed by atoms with Crippen molar-refractivity contribution in [2.45, 2.75) is 33.7 Å². The average Bonchev–Trinajstić information content (AvgIpc) is 2.31. The van der Waals surface area contributed by atoms with Crippen molar-refractivity contribution in [3.8, 4) is 0 Å². The SMILES string of the molecule is CC.C[N-]C(=O)N1CCN(C(C)C)CC1.[Rb+]. The van der Waals surface area contributed by atoms with Gasteiger partial charge in [-0.15, -0.1) is 0 Å². The summed E-state index contributed by atoms with van der Waals surface area (Å²) in [6.07, 6.45) is 0. The summed E-state index contributed by atoms with van der Waals surface area (Å²) in [5, 5.41) is 3.65. The van der Waals surface area contributed by atoms with Gasteiger partial charge in [0.15, 0.2) is 6.03 Å². The second-order valence-corrected chi connectivity index (χ2v) is 3.62. The zero-order valence-electron chi connectivity index (χ0n) is 11.7. The normalized spacial score (nSPS) is 16.0. The molecule has 1 saturated heterocycles. The topological polar surface area (TPSA) is 37.7 Å². The maximum Gasteiger partial charge on any atom is 1.00 e. The number of hydrogen-bond donors (Lipinski definition) is 0. The Balaban J connectivity index is 0. The van der Waals surface area contributed by atoms with Crippen LogP contribution in [0, 0.1) is 0 Å². The minimum absolute atomic E-state index is 0. The van der Waals surface area contributed by atoms with E-state index in [2.05, 4.69) is 24.1 Å². The Morgan fingerprint density at radius 2 is 1.56 bits per heavy atom. The van der Waals surface area contributed by atoms with Crippen molar-refractivity contribution < 1.29 is 63.0 Å². The van der Waals surface area contributed by atoms with Crippen LogP contribution in [0.2, 0.25) is 0 Å². The fraction of sp³-hybridized carbons (Fsp3) is 0.909. The fourth-order valence-corrected chi connectivity index (χ4v) is 1.57. The van der Waals surface area contributed by atoms with Crippen LogP contribution >= 0.6 is 0 Å². The Labute approximate surface area is 149 Å². The predicted octanol–water partition coefficient (Wildman–Crippen LogP) is -0.834. The molecular formula is C11H24N3ORb. The smallest absolute Gasteiger partial charge is 0.434 e. The van der Waals surface area contributed by atoms with Crippen LogP contribution in [0.3, 0.4) is 0 Å². The molecule has 0 aromatic heterocycles. The maximum absolute atomic E-state index is 11.2. The van der Waals surface area contributed by atoms with Crippen LogP contribution in [0.15, 0.2) is 0 Å². The van der Waals surface area contributed by atoms with Gasteiger partial charge in [0.1, 0.15) is 0 Å². The first-order valence-electron chi connectivity index (χ1n) is 5.78. The van der Waals surface area contributed by atoms with Gasteiger partial charge in [-0.05, 0) is 40.0 Å². The number of rotatable bonds is 1. The van der Waals surface area contributed by atoms with E-state index in [1.165, 1.54) is 0 Å². The van der Waals surface area contributed by atoms with Gasteiger partial charge in [-0.2, -0.15) is 0 Å². The standard InChI is InChI=1S/C9H19N3O.C2H6.Rb/c1-8(2)11-4-6-12(7-5-11)9(13)10-3;1-2;/h8H,4-7H2,1-3H3,(H,10,13);1-2H3;/q;;+1/p-1. The van der Waals surface area contributed by atoms with Crippen LogP contribution in [0.4, 0.5) is 4.79 Å². The number of urea groups is 1. The van der Waals surface area contributed by atoms with Crippen molar-refractivity contribution in [2.24, 2.45) is 0 Å². The summed E-state index contributed by atoms with van der Waals surface area (Å²) < 4.78 is 0. The molecule has 0 aromatic rings. The van der Waals surface area contributed by atoms with E-state index in [0.717, 1.165) is 26.2 Å². The molecule has 1 fully saturated rings. The number of amides is 2. The maximum atomic E-state index is 11.2. The largest absolute Gasteiger partial charge is 1.00 e. The second kappa shape index (κ2) is 11.1. The van der Waals surface area contributed by atoms with Gasteiger partial charge in [-0.25, -0.2) is 0 Å². The summed E-state index contributed by atoms with van der Waals surface area (Å²) in [6.45, 7) is 11.9. The van der Waals surface area contributed by atoms with E-state index in [0.29, 0.717) is 6.04 Å². The third-order valence-corrected chi connectivity index (χ3v) is 2.51. The Kier molecular flexibility index (Phi) is 13.5. The molecule has 0 aliphatic carbocycles. The summed E-state index contributed by atoms with van der Waals surface area (Å²) in [6, 6.07) is 0.499. The van der Waals surface area contributed by atoms with Gasteiger partial charge in [-0.1, -0.05) is 20.9 Å². The fourth-order valence-electron chi connectivity index (χ4n) is 1.57. The summed E-state index contributed by atoms with van der Waals surface area (Å²) in [5.74, 6) is 0. The Hall–Kier alpha value is 1.04. The van der Waals surface area contributed by atoms with Crippen molar-refractivity contribution in [3.05, 3.63) is 5.32 Å². The molecule has 5 heteroatoms. The molecule has 0 bridgehead atoms. The summed E-state index contributed by atoms with van der Waals surface area (Å²) in [4.78, 5) is 15.4.